The Morgan fingerprint density at radius 3 is 2.50 bits per heavy atom. The minimum Gasteiger partial charge on any atom is -0.463 e. The van der Waals surface area contributed by atoms with Crippen LogP contribution in [-0.2, 0) is 16.1 Å². The summed E-state index contributed by atoms with van der Waals surface area (Å²) in [5.74, 6) is -0.516. The molecule has 210 valence electrons. The zero-order valence-electron chi connectivity index (χ0n) is 23.2. The van der Waals surface area contributed by atoms with Crippen molar-refractivity contribution in [2.45, 2.75) is 26.4 Å². The second kappa shape index (κ2) is 11.4. The molecule has 8 heteroatoms. The van der Waals surface area contributed by atoms with Gasteiger partial charge in [-0.1, -0.05) is 89.7 Å². The fourth-order valence-corrected chi connectivity index (χ4v) is 6.64. The van der Waals surface area contributed by atoms with E-state index in [1.54, 1.807) is 23.6 Å². The summed E-state index contributed by atoms with van der Waals surface area (Å²) in [6, 6.07) is 24.1. The fourth-order valence-electron chi connectivity index (χ4n) is 5.54. The molecule has 6 rings (SSSR count). The maximum absolute atomic E-state index is 14.3. The highest BCUT2D eigenvalue weighted by Gasteiger charge is 2.35. The number of ether oxygens (including phenoxy) is 1. The first-order chi connectivity index (χ1) is 20.4. The van der Waals surface area contributed by atoms with E-state index in [1.807, 2.05) is 66.7 Å². The number of esters is 1. The van der Waals surface area contributed by atoms with Crippen molar-refractivity contribution in [3.05, 3.63) is 144 Å². The molecule has 0 saturated carbocycles. The number of allylic oxidation sites excluding steroid dienone is 1. The maximum atomic E-state index is 14.3. The summed E-state index contributed by atoms with van der Waals surface area (Å²) in [5.41, 5.74) is 5.14. The Balaban J connectivity index is 1.66. The van der Waals surface area contributed by atoms with Gasteiger partial charge >= 0.3 is 5.97 Å². The molecule has 0 amide bonds. The second-order valence-corrected chi connectivity index (χ2v) is 11.3. The van der Waals surface area contributed by atoms with Crippen molar-refractivity contribution in [1.82, 2.24) is 9.13 Å². The first kappa shape index (κ1) is 27.7. The summed E-state index contributed by atoms with van der Waals surface area (Å²) >= 11 is 7.55. The van der Waals surface area contributed by atoms with E-state index in [2.05, 4.69) is 30.2 Å². The lowest BCUT2D eigenvalue weighted by Crippen LogP contribution is -2.40. The van der Waals surface area contributed by atoms with Gasteiger partial charge in [0, 0.05) is 39.3 Å². The number of para-hydroxylation sites is 1. The molecular formula is C34H28ClN3O3S. The third-order valence-electron chi connectivity index (χ3n) is 7.43. The molecule has 0 radical (unpaired) electrons. The van der Waals surface area contributed by atoms with Crippen LogP contribution in [0.25, 0.3) is 22.7 Å². The molecule has 1 atom stereocenters. The fraction of sp³-hybridized carbons (Fsp3) is 0.147. The Kier molecular flexibility index (Phi) is 7.54. The number of carbonyl (C=O) groups is 1. The van der Waals surface area contributed by atoms with Gasteiger partial charge in [-0.3, -0.25) is 9.36 Å². The topological polar surface area (TPSA) is 65.6 Å². The predicted molar refractivity (Wildman–Crippen MR) is 169 cm³/mol. The minimum absolute atomic E-state index is 0.191. The van der Waals surface area contributed by atoms with E-state index in [0.29, 0.717) is 32.2 Å². The van der Waals surface area contributed by atoms with Gasteiger partial charge < -0.3 is 9.30 Å². The van der Waals surface area contributed by atoms with Crippen molar-refractivity contribution >= 4 is 51.6 Å². The molecule has 0 unspecified atom stereocenters. The van der Waals surface area contributed by atoms with Gasteiger partial charge in [0.25, 0.3) is 5.56 Å². The van der Waals surface area contributed by atoms with Gasteiger partial charge in [0.2, 0.25) is 0 Å². The van der Waals surface area contributed by atoms with Gasteiger partial charge in [0.05, 0.1) is 28.5 Å². The van der Waals surface area contributed by atoms with E-state index in [-0.39, 0.29) is 12.2 Å². The first-order valence-electron chi connectivity index (χ1n) is 13.7. The Hall–Kier alpha value is -4.46. The monoisotopic (exact) mass is 593 g/mol. The van der Waals surface area contributed by atoms with Crippen LogP contribution in [0.2, 0.25) is 5.02 Å². The third kappa shape index (κ3) is 4.74. The van der Waals surface area contributed by atoms with Crippen molar-refractivity contribution in [2.75, 3.05) is 6.61 Å². The van der Waals surface area contributed by atoms with Crippen LogP contribution in [0, 0.1) is 6.92 Å². The van der Waals surface area contributed by atoms with E-state index in [0.717, 1.165) is 33.3 Å². The number of fused-ring (bicyclic) bond motifs is 2. The zero-order valence-corrected chi connectivity index (χ0v) is 24.8. The number of hydrogen-bond donors (Lipinski definition) is 0. The molecule has 3 heterocycles. The molecule has 0 spiro atoms. The molecule has 0 bridgehead atoms. The smallest absolute Gasteiger partial charge is 0.338 e. The molecule has 2 aromatic heterocycles. The highest BCUT2D eigenvalue weighted by molar-refractivity contribution is 7.07. The van der Waals surface area contributed by atoms with Crippen LogP contribution in [0.4, 0.5) is 0 Å². The Morgan fingerprint density at radius 2 is 1.79 bits per heavy atom. The molecule has 0 saturated heterocycles. The highest BCUT2D eigenvalue weighted by atomic mass is 35.5. The lowest BCUT2D eigenvalue weighted by atomic mass is 9.93. The van der Waals surface area contributed by atoms with Crippen LogP contribution >= 0.6 is 22.9 Å². The standard InChI is InChI=1S/C34H28ClN3O3S/c1-4-19-37-21(3)26(25-13-9-10-14-27(25)37)20-28-32(39)38-31(23-15-17-24(35)18-16-23)29(33(40)41-5-2)30(36-34(38)42-28)22-11-7-6-8-12-22/h4,6-18,20,31H,1,5,19H2,2-3H3/b28-20-/t31-/m0/s1. The number of carbonyl (C=O) groups excluding carboxylic acids is 1. The molecular weight excluding hydrogens is 566 g/mol. The number of benzene rings is 3. The number of thiazole rings is 1. The van der Waals surface area contributed by atoms with E-state index < -0.39 is 12.0 Å². The summed E-state index contributed by atoms with van der Waals surface area (Å²) in [5, 5.41) is 1.61. The number of rotatable bonds is 7. The first-order valence-corrected chi connectivity index (χ1v) is 14.8. The van der Waals surface area contributed by atoms with Crippen LogP contribution in [0.3, 0.4) is 0 Å². The van der Waals surface area contributed by atoms with Crippen LogP contribution in [-0.4, -0.2) is 21.7 Å². The Labute approximate surface area is 251 Å². The average Bonchev–Trinajstić information content (AvgIpc) is 3.46. The normalized spacial score (nSPS) is 15.0. The van der Waals surface area contributed by atoms with Gasteiger partial charge in [0.1, 0.15) is 0 Å². The van der Waals surface area contributed by atoms with Crippen LogP contribution in [0.5, 0.6) is 0 Å². The Morgan fingerprint density at radius 1 is 1.07 bits per heavy atom. The van der Waals surface area contributed by atoms with E-state index in [4.69, 9.17) is 21.3 Å². The van der Waals surface area contributed by atoms with Gasteiger partial charge in [-0.15, -0.1) is 6.58 Å². The number of aromatic nitrogens is 2. The van der Waals surface area contributed by atoms with E-state index >= 15 is 0 Å². The molecule has 0 N–H and O–H groups in total. The van der Waals surface area contributed by atoms with Crippen molar-refractivity contribution in [3.63, 3.8) is 0 Å². The van der Waals surface area contributed by atoms with Crippen LogP contribution in [0.1, 0.15) is 35.3 Å². The average molecular weight is 594 g/mol. The molecule has 0 fully saturated rings. The molecule has 1 aliphatic rings. The van der Waals surface area contributed by atoms with Crippen molar-refractivity contribution in [2.24, 2.45) is 4.99 Å². The van der Waals surface area contributed by atoms with Gasteiger partial charge in [0.15, 0.2) is 4.80 Å². The largest absolute Gasteiger partial charge is 0.463 e. The number of nitrogens with zero attached hydrogens (tertiary/aromatic N) is 3. The lowest BCUT2D eigenvalue weighted by molar-refractivity contribution is -0.138. The van der Waals surface area contributed by atoms with Crippen molar-refractivity contribution in [1.29, 1.82) is 0 Å². The maximum Gasteiger partial charge on any atom is 0.338 e. The van der Waals surface area contributed by atoms with Gasteiger partial charge in [-0.2, -0.15) is 0 Å². The number of halogens is 1. The molecule has 5 aromatic rings. The van der Waals surface area contributed by atoms with Crippen molar-refractivity contribution in [3.8, 4) is 0 Å². The third-order valence-corrected chi connectivity index (χ3v) is 8.66. The quantitative estimate of drug-likeness (QED) is 0.171. The minimum atomic E-state index is -0.752. The Bertz CT molecular complexity index is 2050. The molecule has 6 nitrogen and oxygen atoms in total. The van der Waals surface area contributed by atoms with Crippen molar-refractivity contribution < 1.29 is 9.53 Å². The van der Waals surface area contributed by atoms with E-state index in [9.17, 15) is 9.59 Å². The summed E-state index contributed by atoms with van der Waals surface area (Å²) < 4.78 is 9.86. The highest BCUT2D eigenvalue weighted by Crippen LogP contribution is 2.35. The van der Waals surface area contributed by atoms with Gasteiger partial charge in [-0.25, -0.2) is 9.79 Å². The van der Waals surface area contributed by atoms with E-state index in [1.165, 1.54) is 11.3 Å². The summed E-state index contributed by atoms with van der Waals surface area (Å²) in [7, 11) is 0. The summed E-state index contributed by atoms with van der Waals surface area (Å²) in [4.78, 5) is 33.3. The summed E-state index contributed by atoms with van der Waals surface area (Å²) in [6.07, 6.45) is 3.81. The SMILES string of the molecule is C=CCn1c(C)c(/C=c2\sc3n(c2=O)[C@@H](c2ccc(Cl)cc2)C(C(=O)OCC)=C(c2ccccc2)N=3)c2ccccc21. The zero-order chi connectivity index (χ0) is 29.4. The predicted octanol–water partition coefficient (Wildman–Crippen LogP) is 6.04. The molecule has 0 aliphatic carbocycles. The van der Waals surface area contributed by atoms with Crippen LogP contribution < -0.4 is 14.9 Å². The van der Waals surface area contributed by atoms with Gasteiger partial charge in [-0.05, 0) is 43.7 Å². The lowest BCUT2D eigenvalue weighted by Gasteiger charge is -2.25. The number of hydrogen-bond acceptors (Lipinski definition) is 5. The summed E-state index contributed by atoms with van der Waals surface area (Å²) in [6.45, 7) is 8.58. The molecule has 1 aliphatic heterocycles. The second-order valence-electron chi connectivity index (χ2n) is 9.90. The van der Waals surface area contributed by atoms with Crippen LogP contribution in [0.15, 0.2) is 107 Å². The molecule has 3 aromatic carbocycles. The molecule has 42 heavy (non-hydrogen) atoms.